The number of primary amides is 1. The molecule has 1 aromatic heterocycles. The van der Waals surface area contributed by atoms with Gasteiger partial charge in [0.05, 0.1) is 6.61 Å². The molecule has 2 heterocycles. The third-order valence-corrected chi connectivity index (χ3v) is 2.83. The van der Waals surface area contributed by atoms with Gasteiger partial charge in [0, 0.05) is 0 Å². The Morgan fingerprint density at radius 1 is 1.42 bits per heavy atom. The molecule has 19 heavy (non-hydrogen) atoms. The number of hydrogen-bond donors (Lipinski definition) is 6. The van der Waals surface area contributed by atoms with E-state index < -0.39 is 42.7 Å². The quantitative estimate of drug-likeness (QED) is 0.250. The van der Waals surface area contributed by atoms with Gasteiger partial charge in [-0.2, -0.15) is 5.10 Å². The number of aromatic hydroxyl groups is 1. The van der Waals surface area contributed by atoms with Gasteiger partial charge in [0.15, 0.2) is 11.4 Å². The van der Waals surface area contributed by atoms with Crippen molar-refractivity contribution in [3.05, 3.63) is 11.4 Å². The molecule has 4 atom stereocenters. The topological polar surface area (TPSA) is 162 Å². The molecule has 7 N–H and O–H groups in total. The molecule has 106 valence electrons. The van der Waals surface area contributed by atoms with E-state index in [0.717, 1.165) is 0 Å². The summed E-state index contributed by atoms with van der Waals surface area (Å²) in [5.74, 6) is -1.46. The van der Waals surface area contributed by atoms with Crippen LogP contribution < -0.4 is 5.73 Å². The van der Waals surface area contributed by atoms with E-state index >= 15 is 0 Å². The summed E-state index contributed by atoms with van der Waals surface area (Å²) in [4.78, 5) is 10.9. The zero-order valence-corrected chi connectivity index (χ0v) is 15.4. The van der Waals surface area contributed by atoms with Gasteiger partial charge in [-0.3, -0.25) is 9.89 Å². The Bertz CT molecular complexity index is 467. The first kappa shape index (κ1) is 16.3. The summed E-state index contributed by atoms with van der Waals surface area (Å²) >= 11 is 0. The van der Waals surface area contributed by atoms with E-state index in [9.17, 15) is 20.1 Å². The van der Waals surface area contributed by atoms with Gasteiger partial charge < -0.3 is 30.9 Å². The predicted molar refractivity (Wildman–Crippen MR) is 64.0 cm³/mol. The Morgan fingerprint density at radius 3 is 2.47 bits per heavy atom. The van der Waals surface area contributed by atoms with Gasteiger partial charge in [-0.15, -0.1) is 0 Å². The standard InChI is InChI=1S/C9H13N3O6.Pb.2H/c10-9(17)4-6(15)3(11-12-4)8-7(16)5(14)2(1-13)18-8;;;/h2,5,7-8,13-16H,1H2,(H2,10,17)(H,11,12);;;/t2-,5-,7-,8+;;;/m1.../s1. The van der Waals surface area contributed by atoms with E-state index in [1.54, 1.807) is 0 Å². The summed E-state index contributed by atoms with van der Waals surface area (Å²) in [6.07, 6.45) is -4.83. The fraction of sp³-hybridized carbons (Fsp3) is 0.556. The molecule has 0 unspecified atom stereocenters. The number of carbonyl (C=O) groups excluding carboxylic acids is 1. The van der Waals surface area contributed by atoms with E-state index in [0.29, 0.717) is 0 Å². The molecule has 10 heteroatoms. The summed E-state index contributed by atoms with van der Waals surface area (Å²) < 4.78 is 5.15. The Labute approximate surface area is 127 Å². The molecule has 1 aromatic rings. The SMILES string of the molecule is NC(=O)c1[nH]nc([C@@H]2O[C@H](CO)[C@@H](O)[C@H]2O)c1O.[PbH2]. The van der Waals surface area contributed by atoms with E-state index in [1.165, 1.54) is 0 Å². The monoisotopic (exact) mass is 469 g/mol. The minimum absolute atomic E-state index is 0. The normalized spacial score (nSPS) is 30.1. The zero-order chi connectivity index (χ0) is 13.4. The Morgan fingerprint density at radius 2 is 2.05 bits per heavy atom. The van der Waals surface area contributed by atoms with Crippen LogP contribution in [0.2, 0.25) is 0 Å². The molecule has 0 bridgehead atoms. The summed E-state index contributed by atoms with van der Waals surface area (Å²) in [7, 11) is 0. The molecule has 1 fully saturated rings. The first-order chi connectivity index (χ1) is 8.47. The first-order valence-electron chi connectivity index (χ1n) is 5.16. The van der Waals surface area contributed by atoms with Crippen molar-refractivity contribution in [3.8, 4) is 5.75 Å². The molecule has 1 saturated heterocycles. The van der Waals surface area contributed by atoms with Crippen molar-refractivity contribution in [2.24, 2.45) is 5.73 Å². The Kier molecular flexibility index (Phi) is 5.26. The fourth-order valence-electron chi connectivity index (χ4n) is 1.85. The van der Waals surface area contributed by atoms with Gasteiger partial charge in [0.2, 0.25) is 0 Å². The van der Waals surface area contributed by atoms with Crippen LogP contribution in [0.1, 0.15) is 22.3 Å². The van der Waals surface area contributed by atoms with Crippen molar-refractivity contribution in [3.63, 3.8) is 0 Å². The molecule has 0 aromatic carbocycles. The zero-order valence-electron chi connectivity index (χ0n) is 9.85. The van der Waals surface area contributed by atoms with Gasteiger partial charge in [-0.1, -0.05) is 0 Å². The summed E-state index contributed by atoms with van der Waals surface area (Å²) in [5, 5.41) is 43.7. The summed E-state index contributed by atoms with van der Waals surface area (Å²) in [5.41, 5.74) is 4.52. The molecule has 1 aliphatic heterocycles. The van der Waals surface area contributed by atoms with Crippen LogP contribution in [0.5, 0.6) is 5.75 Å². The molecule has 1 amide bonds. The number of carbonyl (C=O) groups is 1. The molecule has 9 nitrogen and oxygen atoms in total. The second-order valence-corrected chi connectivity index (χ2v) is 3.96. The number of H-pyrrole nitrogens is 1. The van der Waals surface area contributed by atoms with Crippen molar-refractivity contribution in [2.75, 3.05) is 6.61 Å². The van der Waals surface area contributed by atoms with Crippen LogP contribution in [0.4, 0.5) is 0 Å². The molecule has 0 aliphatic carbocycles. The van der Waals surface area contributed by atoms with E-state index in [2.05, 4.69) is 10.2 Å². The van der Waals surface area contributed by atoms with Crippen molar-refractivity contribution < 1.29 is 30.0 Å². The summed E-state index contributed by atoms with van der Waals surface area (Å²) in [6, 6.07) is 0. The Hall–Kier alpha value is -0.758. The first-order valence-corrected chi connectivity index (χ1v) is 5.16. The Balaban J connectivity index is 0.00000180. The molecular weight excluding hydrogens is 453 g/mol. The number of nitrogens with two attached hydrogens (primary N) is 1. The third kappa shape index (κ3) is 2.74. The number of nitrogens with zero attached hydrogens (tertiary/aromatic N) is 1. The van der Waals surface area contributed by atoms with Gasteiger partial charge in [-0.25, -0.2) is 0 Å². The molecule has 1 aliphatic rings. The van der Waals surface area contributed by atoms with Crippen molar-refractivity contribution >= 4 is 33.2 Å². The average Bonchev–Trinajstić information content (AvgIpc) is 2.82. The number of hydrogen-bond acceptors (Lipinski definition) is 7. The number of rotatable bonds is 3. The number of nitrogens with one attached hydrogen (secondary N) is 1. The number of aromatic nitrogens is 2. The number of aromatic amines is 1. The molecular formula is C9H15N3O6Pb. The number of aliphatic hydroxyl groups is 3. The van der Waals surface area contributed by atoms with Gasteiger partial charge in [-0.05, 0) is 0 Å². The molecule has 2 radical (unpaired) electrons. The van der Waals surface area contributed by atoms with Gasteiger partial charge >= 0.3 is 27.3 Å². The van der Waals surface area contributed by atoms with Crippen LogP contribution in [-0.4, -0.2) is 88.7 Å². The predicted octanol–water partition coefficient (Wildman–Crippen LogP) is -3.55. The van der Waals surface area contributed by atoms with Gasteiger partial charge in [0.25, 0.3) is 5.91 Å². The van der Waals surface area contributed by atoms with Crippen LogP contribution in [0.15, 0.2) is 0 Å². The maximum absolute atomic E-state index is 10.9. The number of ether oxygens (including phenoxy) is 1. The van der Waals surface area contributed by atoms with Crippen molar-refractivity contribution in [1.82, 2.24) is 10.2 Å². The van der Waals surface area contributed by atoms with Crippen LogP contribution >= 0.6 is 0 Å². The van der Waals surface area contributed by atoms with E-state index in [1.807, 2.05) is 0 Å². The van der Waals surface area contributed by atoms with Crippen LogP contribution in [0, 0.1) is 0 Å². The molecule has 2 rings (SSSR count). The molecule has 0 spiro atoms. The van der Waals surface area contributed by atoms with Crippen LogP contribution in [-0.2, 0) is 4.74 Å². The third-order valence-electron chi connectivity index (χ3n) is 2.83. The average molecular weight is 468 g/mol. The van der Waals surface area contributed by atoms with E-state index in [4.69, 9.17) is 15.6 Å². The minimum atomic E-state index is -1.38. The van der Waals surface area contributed by atoms with Crippen LogP contribution in [0.25, 0.3) is 0 Å². The van der Waals surface area contributed by atoms with Crippen molar-refractivity contribution in [2.45, 2.75) is 24.4 Å². The summed E-state index contributed by atoms with van der Waals surface area (Å²) in [6.45, 7) is -0.497. The van der Waals surface area contributed by atoms with Gasteiger partial charge in [0.1, 0.15) is 30.1 Å². The second-order valence-electron chi connectivity index (χ2n) is 3.96. The molecule has 0 saturated carbocycles. The maximum atomic E-state index is 10.9. The number of aliphatic hydroxyl groups excluding tert-OH is 3. The van der Waals surface area contributed by atoms with Crippen LogP contribution in [0.3, 0.4) is 0 Å². The number of amides is 1. The second kappa shape index (κ2) is 6.13. The van der Waals surface area contributed by atoms with Crippen molar-refractivity contribution in [1.29, 1.82) is 0 Å². The van der Waals surface area contributed by atoms with E-state index in [-0.39, 0.29) is 38.7 Å². The fourth-order valence-corrected chi connectivity index (χ4v) is 1.85.